The second kappa shape index (κ2) is 9.77. The molecule has 1 aromatic carbocycles. The third kappa shape index (κ3) is 4.40. The molecule has 0 saturated carbocycles. The number of benzene rings is 1. The molecule has 150 valence electrons. The lowest BCUT2D eigenvalue weighted by Gasteiger charge is -2.39. The Balaban J connectivity index is 0.000000516. The molecule has 2 aliphatic heterocycles. The minimum atomic E-state index is -0.209. The van der Waals surface area contributed by atoms with Gasteiger partial charge in [0.25, 0.3) is 5.91 Å². The van der Waals surface area contributed by atoms with E-state index in [1.54, 1.807) is 0 Å². The SMILES string of the molecule is C#CC(=O)N1CCc2c([nH]c3ccccc23)C1CN1CCNCC1.CCCC. The van der Waals surface area contributed by atoms with Crippen molar-refractivity contribution < 1.29 is 4.79 Å². The van der Waals surface area contributed by atoms with Gasteiger partial charge in [0.2, 0.25) is 0 Å². The minimum Gasteiger partial charge on any atom is -0.356 e. The van der Waals surface area contributed by atoms with Gasteiger partial charge >= 0.3 is 0 Å². The molecule has 28 heavy (non-hydrogen) atoms. The number of hydrogen-bond acceptors (Lipinski definition) is 3. The van der Waals surface area contributed by atoms with Crippen molar-refractivity contribution in [2.45, 2.75) is 39.2 Å². The molecule has 0 aliphatic carbocycles. The number of nitrogens with one attached hydrogen (secondary N) is 2. The predicted octanol–water partition coefficient (Wildman–Crippen LogP) is 2.94. The molecule has 0 radical (unpaired) electrons. The topological polar surface area (TPSA) is 51.4 Å². The molecule has 4 rings (SSSR count). The fourth-order valence-corrected chi connectivity index (χ4v) is 3.97. The lowest BCUT2D eigenvalue weighted by Crippen LogP contribution is -2.49. The third-order valence-corrected chi connectivity index (χ3v) is 5.68. The average molecular weight is 381 g/mol. The van der Waals surface area contributed by atoms with Gasteiger partial charge in [-0.05, 0) is 24.0 Å². The second-order valence-electron chi connectivity index (χ2n) is 7.52. The first-order valence-corrected chi connectivity index (χ1v) is 10.5. The number of rotatable bonds is 3. The first-order valence-electron chi connectivity index (χ1n) is 10.5. The quantitative estimate of drug-likeness (QED) is 0.805. The predicted molar refractivity (Wildman–Crippen MR) is 115 cm³/mol. The average Bonchev–Trinajstić information content (AvgIpc) is 3.13. The summed E-state index contributed by atoms with van der Waals surface area (Å²) >= 11 is 0. The summed E-state index contributed by atoms with van der Waals surface area (Å²) in [7, 11) is 0. The maximum absolute atomic E-state index is 12.3. The molecule has 5 heteroatoms. The van der Waals surface area contributed by atoms with E-state index < -0.39 is 0 Å². The number of fused-ring (bicyclic) bond motifs is 3. The monoisotopic (exact) mass is 380 g/mol. The van der Waals surface area contributed by atoms with Crippen LogP contribution in [-0.2, 0) is 11.2 Å². The number of carbonyl (C=O) groups excluding carboxylic acids is 1. The van der Waals surface area contributed by atoms with E-state index in [1.807, 2.05) is 11.0 Å². The maximum atomic E-state index is 12.3. The van der Waals surface area contributed by atoms with E-state index in [-0.39, 0.29) is 11.9 Å². The summed E-state index contributed by atoms with van der Waals surface area (Å²) in [5.41, 5.74) is 3.64. The van der Waals surface area contributed by atoms with Gasteiger partial charge in [-0.15, -0.1) is 6.42 Å². The summed E-state index contributed by atoms with van der Waals surface area (Å²) in [5.74, 6) is 2.10. The molecule has 3 heterocycles. The summed E-state index contributed by atoms with van der Waals surface area (Å²) in [4.78, 5) is 20.1. The first-order chi connectivity index (χ1) is 13.7. The van der Waals surface area contributed by atoms with Crippen molar-refractivity contribution in [1.82, 2.24) is 20.1 Å². The van der Waals surface area contributed by atoms with Crippen molar-refractivity contribution in [3.05, 3.63) is 35.5 Å². The van der Waals surface area contributed by atoms with Crippen LogP contribution in [0.2, 0.25) is 0 Å². The largest absolute Gasteiger partial charge is 0.356 e. The standard InChI is InChI=1S/C19H22N4O.C4H10/c1-2-18(24)23-10-7-15-14-5-3-4-6-16(14)21-19(15)17(23)13-22-11-8-20-9-12-22;1-3-4-2/h1,3-6,17,20-21H,7-13H2;3-4H2,1-2H3. The van der Waals surface area contributed by atoms with Gasteiger partial charge in [-0.2, -0.15) is 0 Å². The van der Waals surface area contributed by atoms with Gasteiger partial charge < -0.3 is 15.2 Å². The van der Waals surface area contributed by atoms with Gasteiger partial charge in [-0.1, -0.05) is 44.9 Å². The van der Waals surface area contributed by atoms with E-state index in [0.29, 0.717) is 6.54 Å². The van der Waals surface area contributed by atoms with Crippen LogP contribution in [0.25, 0.3) is 10.9 Å². The number of nitrogens with zero attached hydrogens (tertiary/aromatic N) is 2. The number of carbonyl (C=O) groups is 1. The molecule has 2 aliphatic rings. The highest BCUT2D eigenvalue weighted by Gasteiger charge is 2.34. The Kier molecular flexibility index (Phi) is 7.13. The second-order valence-corrected chi connectivity index (χ2v) is 7.52. The van der Waals surface area contributed by atoms with Gasteiger partial charge in [-0.25, -0.2) is 0 Å². The van der Waals surface area contributed by atoms with Gasteiger partial charge in [0.05, 0.1) is 6.04 Å². The van der Waals surface area contributed by atoms with Crippen LogP contribution in [0.1, 0.15) is 44.0 Å². The summed E-state index contributed by atoms with van der Waals surface area (Å²) in [5, 5.41) is 4.64. The van der Waals surface area contributed by atoms with Crippen LogP contribution >= 0.6 is 0 Å². The third-order valence-electron chi connectivity index (χ3n) is 5.68. The maximum Gasteiger partial charge on any atom is 0.298 e. The van der Waals surface area contributed by atoms with Crippen molar-refractivity contribution in [3.63, 3.8) is 0 Å². The molecule has 5 nitrogen and oxygen atoms in total. The van der Waals surface area contributed by atoms with Crippen molar-refractivity contribution in [2.75, 3.05) is 39.3 Å². The van der Waals surface area contributed by atoms with E-state index in [4.69, 9.17) is 6.42 Å². The van der Waals surface area contributed by atoms with E-state index in [9.17, 15) is 4.79 Å². The van der Waals surface area contributed by atoms with Crippen molar-refractivity contribution in [2.24, 2.45) is 0 Å². The Morgan fingerprint density at radius 2 is 1.89 bits per heavy atom. The smallest absolute Gasteiger partial charge is 0.298 e. The number of amides is 1. The lowest BCUT2D eigenvalue weighted by atomic mass is 9.96. The summed E-state index contributed by atoms with van der Waals surface area (Å²) in [6.07, 6.45) is 8.91. The van der Waals surface area contributed by atoms with Crippen molar-refractivity contribution in [1.29, 1.82) is 0 Å². The number of terminal acetylenes is 1. The number of hydrogen-bond donors (Lipinski definition) is 2. The highest BCUT2D eigenvalue weighted by atomic mass is 16.2. The molecule has 1 saturated heterocycles. The molecule has 1 unspecified atom stereocenters. The van der Waals surface area contributed by atoms with E-state index in [0.717, 1.165) is 50.4 Å². The first kappa shape index (κ1) is 20.4. The Hall–Kier alpha value is -2.29. The number of aromatic amines is 1. The molecule has 2 aromatic rings. The highest BCUT2D eigenvalue weighted by molar-refractivity contribution is 5.94. The number of H-pyrrole nitrogens is 1. The molecule has 0 bridgehead atoms. The van der Waals surface area contributed by atoms with Crippen LogP contribution in [0, 0.1) is 12.3 Å². The number of unbranched alkanes of at least 4 members (excludes halogenated alkanes) is 1. The highest BCUT2D eigenvalue weighted by Crippen LogP contribution is 2.35. The molecule has 1 fully saturated rings. The number of piperazine rings is 1. The lowest BCUT2D eigenvalue weighted by molar-refractivity contribution is -0.128. The van der Waals surface area contributed by atoms with E-state index >= 15 is 0 Å². The van der Waals surface area contributed by atoms with Gasteiger partial charge in [-0.3, -0.25) is 9.69 Å². The molecule has 1 amide bonds. The van der Waals surface area contributed by atoms with Crippen molar-refractivity contribution >= 4 is 16.8 Å². The zero-order valence-electron chi connectivity index (χ0n) is 17.1. The summed E-state index contributed by atoms with van der Waals surface area (Å²) in [6.45, 7) is 9.88. The normalized spacial score (nSPS) is 19.5. The summed E-state index contributed by atoms with van der Waals surface area (Å²) in [6, 6.07) is 8.37. The van der Waals surface area contributed by atoms with Crippen molar-refractivity contribution in [3.8, 4) is 12.3 Å². The van der Waals surface area contributed by atoms with Crippen LogP contribution in [0.3, 0.4) is 0 Å². The molecular weight excluding hydrogens is 348 g/mol. The Morgan fingerprint density at radius 1 is 1.18 bits per heavy atom. The summed E-state index contributed by atoms with van der Waals surface area (Å²) < 4.78 is 0. The molecule has 2 N–H and O–H groups in total. The van der Waals surface area contributed by atoms with E-state index in [1.165, 1.54) is 23.8 Å². The minimum absolute atomic E-state index is 0.00259. The van der Waals surface area contributed by atoms with Crippen LogP contribution < -0.4 is 5.32 Å². The Bertz CT molecular complexity index is 827. The fraction of sp³-hybridized carbons (Fsp3) is 0.522. The van der Waals surface area contributed by atoms with Crippen LogP contribution in [0.5, 0.6) is 0 Å². The molecule has 1 atom stereocenters. The zero-order chi connectivity index (χ0) is 19.9. The molecular formula is C23H32N4O. The Labute approximate surface area is 168 Å². The fourth-order valence-electron chi connectivity index (χ4n) is 3.97. The van der Waals surface area contributed by atoms with Crippen LogP contribution in [0.15, 0.2) is 24.3 Å². The number of para-hydroxylation sites is 1. The number of aromatic nitrogens is 1. The van der Waals surface area contributed by atoms with Gasteiger partial charge in [0, 0.05) is 55.9 Å². The van der Waals surface area contributed by atoms with E-state index in [2.05, 4.69) is 53.2 Å². The van der Waals surface area contributed by atoms with Crippen LogP contribution in [0.4, 0.5) is 0 Å². The van der Waals surface area contributed by atoms with Crippen LogP contribution in [-0.4, -0.2) is 60.0 Å². The Morgan fingerprint density at radius 3 is 2.57 bits per heavy atom. The zero-order valence-corrected chi connectivity index (χ0v) is 17.1. The molecule has 1 aromatic heterocycles. The van der Waals surface area contributed by atoms with Gasteiger partial charge in [0.15, 0.2) is 0 Å². The molecule has 0 spiro atoms. The van der Waals surface area contributed by atoms with Gasteiger partial charge in [0.1, 0.15) is 0 Å².